The van der Waals surface area contributed by atoms with E-state index in [1.807, 2.05) is 41.8 Å². The predicted octanol–water partition coefficient (Wildman–Crippen LogP) is 1.82. The van der Waals surface area contributed by atoms with Crippen LogP contribution in [0.5, 0.6) is 0 Å². The van der Waals surface area contributed by atoms with Gasteiger partial charge in [0.15, 0.2) is 5.43 Å². The summed E-state index contributed by atoms with van der Waals surface area (Å²) in [6.07, 6.45) is 1.90. The van der Waals surface area contributed by atoms with E-state index in [2.05, 4.69) is 11.8 Å². The van der Waals surface area contributed by atoms with E-state index in [4.69, 9.17) is 0 Å². The number of benzene rings is 1. The van der Waals surface area contributed by atoms with E-state index in [0.717, 1.165) is 53.9 Å². The van der Waals surface area contributed by atoms with E-state index in [9.17, 15) is 9.59 Å². The van der Waals surface area contributed by atoms with Crippen molar-refractivity contribution in [1.29, 1.82) is 0 Å². The fourth-order valence-electron chi connectivity index (χ4n) is 3.56. The van der Waals surface area contributed by atoms with Gasteiger partial charge < -0.3 is 14.4 Å². The Bertz CT molecular complexity index is 830. The molecule has 3 rings (SSSR count). The van der Waals surface area contributed by atoms with Crippen LogP contribution in [-0.4, -0.2) is 41.6 Å². The Balaban J connectivity index is 2.02. The van der Waals surface area contributed by atoms with Gasteiger partial charge in [0.2, 0.25) is 5.91 Å². The summed E-state index contributed by atoms with van der Waals surface area (Å²) in [6, 6.07) is 3.98. The maximum Gasteiger partial charge on any atom is 0.219 e. The van der Waals surface area contributed by atoms with E-state index in [-0.39, 0.29) is 11.3 Å². The van der Waals surface area contributed by atoms with Gasteiger partial charge in [-0.05, 0) is 31.5 Å². The molecule has 0 unspecified atom stereocenters. The normalized spacial score (nSPS) is 15.3. The van der Waals surface area contributed by atoms with Crippen molar-refractivity contribution >= 4 is 22.5 Å². The first-order valence-corrected chi connectivity index (χ1v) is 8.00. The zero-order chi connectivity index (χ0) is 16.7. The SMILES string of the molecule is CC(=O)N1CCN(c2ccc3c(=O)c(C)cn(C)c3c2C)CC1. The number of anilines is 1. The molecule has 122 valence electrons. The quantitative estimate of drug-likeness (QED) is 0.807. The summed E-state index contributed by atoms with van der Waals surface area (Å²) in [6.45, 7) is 8.70. The number of carbonyl (C=O) groups excluding carboxylic acids is 1. The third-order valence-corrected chi connectivity index (χ3v) is 4.81. The number of carbonyl (C=O) groups is 1. The van der Waals surface area contributed by atoms with Crippen LogP contribution < -0.4 is 10.3 Å². The second-order valence-corrected chi connectivity index (χ2v) is 6.35. The van der Waals surface area contributed by atoms with Gasteiger partial charge in [0.05, 0.1) is 5.52 Å². The van der Waals surface area contributed by atoms with Gasteiger partial charge in [-0.2, -0.15) is 0 Å². The van der Waals surface area contributed by atoms with Crippen LogP contribution in [0.25, 0.3) is 10.9 Å². The summed E-state index contributed by atoms with van der Waals surface area (Å²) in [5, 5.41) is 0.774. The van der Waals surface area contributed by atoms with Crippen molar-refractivity contribution in [1.82, 2.24) is 9.47 Å². The summed E-state index contributed by atoms with van der Waals surface area (Å²) < 4.78 is 2.04. The summed E-state index contributed by atoms with van der Waals surface area (Å²) >= 11 is 0. The van der Waals surface area contributed by atoms with E-state index in [0.29, 0.717) is 0 Å². The van der Waals surface area contributed by atoms with Crippen LogP contribution in [0.4, 0.5) is 5.69 Å². The average molecular weight is 313 g/mol. The summed E-state index contributed by atoms with van der Waals surface area (Å²) in [5.41, 5.74) is 4.14. The molecule has 2 aromatic rings. The zero-order valence-corrected chi connectivity index (χ0v) is 14.2. The lowest BCUT2D eigenvalue weighted by Gasteiger charge is -2.36. The average Bonchev–Trinajstić information content (AvgIpc) is 2.52. The largest absolute Gasteiger partial charge is 0.368 e. The lowest BCUT2D eigenvalue weighted by molar-refractivity contribution is -0.129. The number of hydrogen-bond donors (Lipinski definition) is 0. The highest BCUT2D eigenvalue weighted by atomic mass is 16.2. The molecule has 1 amide bonds. The monoisotopic (exact) mass is 313 g/mol. The van der Waals surface area contributed by atoms with Crippen LogP contribution >= 0.6 is 0 Å². The van der Waals surface area contributed by atoms with Crippen LogP contribution in [-0.2, 0) is 11.8 Å². The van der Waals surface area contributed by atoms with Crippen molar-refractivity contribution in [2.24, 2.45) is 7.05 Å². The van der Waals surface area contributed by atoms with Crippen molar-refractivity contribution < 1.29 is 4.79 Å². The van der Waals surface area contributed by atoms with Gasteiger partial charge in [0.25, 0.3) is 0 Å². The minimum absolute atomic E-state index is 0.106. The molecule has 1 fully saturated rings. The Kier molecular flexibility index (Phi) is 3.88. The Morgan fingerprint density at radius 2 is 1.74 bits per heavy atom. The molecular weight excluding hydrogens is 290 g/mol. The van der Waals surface area contributed by atoms with Crippen LogP contribution in [0.2, 0.25) is 0 Å². The van der Waals surface area contributed by atoms with Gasteiger partial charge >= 0.3 is 0 Å². The highest BCUT2D eigenvalue weighted by Gasteiger charge is 2.21. The zero-order valence-electron chi connectivity index (χ0n) is 14.2. The fraction of sp³-hybridized carbons (Fsp3) is 0.444. The van der Waals surface area contributed by atoms with Crippen molar-refractivity contribution in [3.8, 4) is 0 Å². The van der Waals surface area contributed by atoms with Crippen molar-refractivity contribution in [2.45, 2.75) is 20.8 Å². The molecule has 1 aromatic carbocycles. The first-order chi connectivity index (χ1) is 10.9. The molecular formula is C18H23N3O2. The molecule has 1 aromatic heterocycles. The molecule has 0 atom stereocenters. The molecule has 0 N–H and O–H groups in total. The minimum atomic E-state index is 0.106. The first-order valence-electron chi connectivity index (χ1n) is 8.00. The molecule has 0 spiro atoms. The third-order valence-electron chi connectivity index (χ3n) is 4.81. The predicted molar refractivity (Wildman–Crippen MR) is 93.1 cm³/mol. The van der Waals surface area contributed by atoms with Crippen molar-refractivity contribution in [3.05, 3.63) is 39.7 Å². The second-order valence-electron chi connectivity index (χ2n) is 6.35. The molecule has 1 saturated heterocycles. The lowest BCUT2D eigenvalue weighted by Crippen LogP contribution is -2.48. The van der Waals surface area contributed by atoms with Gasteiger partial charge in [-0.3, -0.25) is 9.59 Å². The maximum atomic E-state index is 12.4. The van der Waals surface area contributed by atoms with Gasteiger partial charge in [-0.25, -0.2) is 0 Å². The van der Waals surface area contributed by atoms with Crippen LogP contribution in [0, 0.1) is 13.8 Å². The van der Waals surface area contributed by atoms with Crippen LogP contribution in [0.1, 0.15) is 18.1 Å². The third kappa shape index (κ3) is 2.60. The van der Waals surface area contributed by atoms with Gasteiger partial charge in [-0.15, -0.1) is 0 Å². The van der Waals surface area contributed by atoms with E-state index in [1.54, 1.807) is 6.92 Å². The number of hydrogen-bond acceptors (Lipinski definition) is 3. The number of amides is 1. The molecule has 0 bridgehead atoms. The Morgan fingerprint density at radius 1 is 1.09 bits per heavy atom. The summed E-state index contributed by atoms with van der Waals surface area (Å²) in [7, 11) is 1.99. The standard InChI is InChI=1S/C18H23N3O2/c1-12-11-19(4)17-13(2)16(6-5-15(17)18(12)23)21-9-7-20(8-10-21)14(3)22/h5-6,11H,7-10H2,1-4H3. The molecule has 5 nitrogen and oxygen atoms in total. The smallest absolute Gasteiger partial charge is 0.219 e. The molecule has 0 saturated carbocycles. The Labute approximate surface area is 136 Å². The number of aryl methyl sites for hydroxylation is 3. The number of fused-ring (bicyclic) bond motifs is 1. The van der Waals surface area contributed by atoms with Gasteiger partial charge in [0.1, 0.15) is 0 Å². The summed E-state index contributed by atoms with van der Waals surface area (Å²) in [5.74, 6) is 0.137. The van der Waals surface area contributed by atoms with Crippen molar-refractivity contribution in [2.75, 3.05) is 31.1 Å². The van der Waals surface area contributed by atoms with E-state index >= 15 is 0 Å². The Hall–Kier alpha value is -2.30. The van der Waals surface area contributed by atoms with Crippen LogP contribution in [0.15, 0.2) is 23.1 Å². The number of nitrogens with zero attached hydrogens (tertiary/aromatic N) is 3. The highest BCUT2D eigenvalue weighted by Crippen LogP contribution is 2.27. The second kappa shape index (κ2) is 5.72. The van der Waals surface area contributed by atoms with E-state index in [1.165, 1.54) is 0 Å². The lowest BCUT2D eigenvalue weighted by atomic mass is 10.0. The molecule has 0 aliphatic carbocycles. The molecule has 23 heavy (non-hydrogen) atoms. The minimum Gasteiger partial charge on any atom is -0.368 e. The fourth-order valence-corrected chi connectivity index (χ4v) is 3.56. The van der Waals surface area contributed by atoms with Gasteiger partial charge in [0, 0.05) is 63.0 Å². The molecule has 1 aliphatic heterocycles. The molecule has 5 heteroatoms. The maximum absolute atomic E-state index is 12.4. The number of aromatic nitrogens is 1. The Morgan fingerprint density at radius 3 is 2.35 bits per heavy atom. The number of piperazine rings is 1. The topological polar surface area (TPSA) is 45.6 Å². The van der Waals surface area contributed by atoms with E-state index < -0.39 is 0 Å². The highest BCUT2D eigenvalue weighted by molar-refractivity contribution is 5.87. The number of pyridine rings is 1. The molecule has 1 aliphatic rings. The summed E-state index contributed by atoms with van der Waals surface area (Å²) in [4.78, 5) is 28.0. The van der Waals surface area contributed by atoms with Crippen molar-refractivity contribution in [3.63, 3.8) is 0 Å². The molecule has 2 heterocycles. The number of rotatable bonds is 1. The first kappa shape index (κ1) is 15.6. The molecule has 0 radical (unpaired) electrons. The van der Waals surface area contributed by atoms with Crippen LogP contribution in [0.3, 0.4) is 0 Å². The van der Waals surface area contributed by atoms with Gasteiger partial charge in [-0.1, -0.05) is 0 Å².